The maximum absolute atomic E-state index is 11.2. The van der Waals surface area contributed by atoms with Gasteiger partial charge >= 0.3 is 5.97 Å². The minimum absolute atomic E-state index is 0.338. The van der Waals surface area contributed by atoms with Crippen LogP contribution < -0.4 is 16.6 Å². The average Bonchev–Trinajstić information content (AvgIpc) is 2.35. The SMILES string of the molecule is COC(=O)c1ccc(CNC(=S)N[NH3+])cc1. The highest BCUT2D eigenvalue weighted by Crippen LogP contribution is 2.05. The molecule has 0 radical (unpaired) electrons. The molecule has 0 aliphatic rings. The van der Waals surface area contributed by atoms with E-state index in [4.69, 9.17) is 12.2 Å². The first-order chi connectivity index (χ1) is 7.67. The molecule has 0 bridgehead atoms. The Morgan fingerprint density at radius 3 is 2.56 bits per heavy atom. The number of ether oxygens (including phenoxy) is 1. The maximum atomic E-state index is 11.2. The summed E-state index contributed by atoms with van der Waals surface area (Å²) in [6, 6.07) is 7.10. The number of carbonyl (C=O) groups excluding carboxylic acids is 1. The first-order valence-corrected chi connectivity index (χ1v) is 5.06. The minimum atomic E-state index is -0.338. The van der Waals surface area contributed by atoms with Crippen LogP contribution in [-0.4, -0.2) is 18.2 Å². The molecule has 1 aromatic carbocycles. The molecule has 0 aliphatic heterocycles. The van der Waals surface area contributed by atoms with E-state index in [1.165, 1.54) is 7.11 Å². The molecule has 5 nitrogen and oxygen atoms in total. The molecule has 86 valence electrons. The number of rotatable bonds is 3. The number of carbonyl (C=O) groups is 1. The lowest BCUT2D eigenvalue weighted by atomic mass is 10.1. The Morgan fingerprint density at radius 2 is 2.06 bits per heavy atom. The normalized spacial score (nSPS) is 9.38. The summed E-state index contributed by atoms with van der Waals surface area (Å²) in [5, 5.41) is 3.44. The standard InChI is InChI=1S/C10H13N3O2S/c1-15-9(14)8-4-2-7(3-5-8)6-12-10(16)13-11/h2-5H,6,11H2,1H3,(H2,12,13,16)/p+1. The largest absolute Gasteiger partial charge is 0.465 e. The van der Waals surface area contributed by atoms with Crippen LogP contribution in [0.1, 0.15) is 15.9 Å². The third-order valence-electron chi connectivity index (χ3n) is 1.99. The summed E-state index contributed by atoms with van der Waals surface area (Å²) in [4.78, 5) is 11.2. The molecule has 0 spiro atoms. The topological polar surface area (TPSA) is 78.0 Å². The van der Waals surface area contributed by atoms with Crippen molar-refractivity contribution in [2.45, 2.75) is 6.54 Å². The molecule has 0 amide bonds. The van der Waals surface area contributed by atoms with Gasteiger partial charge < -0.3 is 10.1 Å². The van der Waals surface area contributed by atoms with E-state index < -0.39 is 0 Å². The minimum Gasteiger partial charge on any atom is -0.465 e. The van der Waals surface area contributed by atoms with Crippen LogP contribution in [0, 0.1) is 0 Å². The summed E-state index contributed by atoms with van der Waals surface area (Å²) < 4.78 is 4.60. The van der Waals surface area contributed by atoms with Crippen molar-refractivity contribution in [3.63, 3.8) is 0 Å². The molecule has 0 fully saturated rings. The second-order valence-electron chi connectivity index (χ2n) is 3.05. The molecule has 0 aliphatic carbocycles. The van der Waals surface area contributed by atoms with E-state index in [1.54, 1.807) is 12.1 Å². The molecule has 0 heterocycles. The van der Waals surface area contributed by atoms with Crippen molar-refractivity contribution in [2.24, 2.45) is 0 Å². The highest BCUT2D eigenvalue weighted by atomic mass is 32.1. The molecule has 0 saturated heterocycles. The van der Waals surface area contributed by atoms with E-state index in [2.05, 4.69) is 21.3 Å². The summed E-state index contributed by atoms with van der Waals surface area (Å²) in [6.07, 6.45) is 0. The molecule has 0 saturated carbocycles. The number of nitrogens with one attached hydrogen (secondary N) is 2. The fourth-order valence-electron chi connectivity index (χ4n) is 1.12. The zero-order valence-electron chi connectivity index (χ0n) is 8.95. The van der Waals surface area contributed by atoms with Crippen molar-refractivity contribution in [1.82, 2.24) is 10.7 Å². The van der Waals surface area contributed by atoms with Crippen LogP contribution in [0.25, 0.3) is 0 Å². The summed E-state index contributed by atoms with van der Waals surface area (Å²) in [7, 11) is 1.36. The lowest BCUT2D eigenvalue weighted by molar-refractivity contribution is -0.419. The number of benzene rings is 1. The monoisotopic (exact) mass is 240 g/mol. The number of thiocarbonyl (C=S) groups is 1. The first kappa shape index (κ1) is 12.4. The van der Waals surface area contributed by atoms with Gasteiger partial charge in [-0.25, -0.2) is 10.2 Å². The Balaban J connectivity index is 2.58. The molecule has 1 rings (SSSR count). The van der Waals surface area contributed by atoms with Crippen LogP contribution in [0.4, 0.5) is 0 Å². The smallest absolute Gasteiger partial charge is 0.337 e. The van der Waals surface area contributed by atoms with Crippen LogP contribution in [-0.2, 0) is 11.3 Å². The van der Waals surface area contributed by atoms with Gasteiger partial charge in [-0.15, -0.1) is 0 Å². The predicted octanol–water partition coefficient (Wildman–Crippen LogP) is -0.406. The number of methoxy groups -OCH3 is 1. The molecule has 0 unspecified atom stereocenters. The van der Waals surface area contributed by atoms with Crippen molar-refractivity contribution < 1.29 is 15.4 Å². The third-order valence-corrected chi connectivity index (χ3v) is 2.28. The Kier molecular flexibility index (Phi) is 4.68. The van der Waals surface area contributed by atoms with Gasteiger partial charge in [0.2, 0.25) is 5.11 Å². The van der Waals surface area contributed by atoms with Crippen LogP contribution in [0.15, 0.2) is 24.3 Å². The molecular weight excluding hydrogens is 226 g/mol. The van der Waals surface area contributed by atoms with Gasteiger partial charge in [0.05, 0.1) is 12.7 Å². The molecule has 1 aromatic rings. The Bertz CT molecular complexity index is 378. The highest BCUT2D eigenvalue weighted by molar-refractivity contribution is 7.80. The molecule has 6 heteroatoms. The van der Waals surface area contributed by atoms with Crippen molar-refractivity contribution in [3.05, 3.63) is 35.4 Å². The quantitative estimate of drug-likeness (QED) is 0.380. The van der Waals surface area contributed by atoms with Gasteiger partial charge in [0, 0.05) is 6.54 Å². The molecule has 0 aromatic heterocycles. The number of quaternary nitrogens is 1. The van der Waals surface area contributed by atoms with E-state index in [1.807, 2.05) is 12.1 Å². The van der Waals surface area contributed by atoms with Gasteiger partial charge in [-0.05, 0) is 29.9 Å². The second-order valence-corrected chi connectivity index (χ2v) is 3.46. The van der Waals surface area contributed by atoms with Crippen molar-refractivity contribution in [1.29, 1.82) is 0 Å². The van der Waals surface area contributed by atoms with Crippen molar-refractivity contribution in [2.75, 3.05) is 7.11 Å². The highest BCUT2D eigenvalue weighted by Gasteiger charge is 2.04. The van der Waals surface area contributed by atoms with Crippen molar-refractivity contribution >= 4 is 23.3 Å². The third kappa shape index (κ3) is 3.48. The molecule has 5 N–H and O–H groups in total. The number of hydrogen-bond donors (Lipinski definition) is 3. The van der Waals surface area contributed by atoms with Gasteiger partial charge in [0.15, 0.2) is 0 Å². The van der Waals surface area contributed by atoms with E-state index in [-0.39, 0.29) is 5.97 Å². The van der Waals surface area contributed by atoms with Gasteiger partial charge in [-0.2, -0.15) is 0 Å². The summed E-state index contributed by atoms with van der Waals surface area (Å²) >= 11 is 4.88. The van der Waals surface area contributed by atoms with Crippen LogP contribution in [0.2, 0.25) is 0 Å². The summed E-state index contributed by atoms with van der Waals surface area (Å²) in [5.74, 6) is 3.09. The predicted molar refractivity (Wildman–Crippen MR) is 63.2 cm³/mol. The second kappa shape index (κ2) is 6.04. The number of esters is 1. The molecule has 0 atom stereocenters. The zero-order valence-corrected chi connectivity index (χ0v) is 9.76. The first-order valence-electron chi connectivity index (χ1n) is 4.65. The fourth-order valence-corrected chi connectivity index (χ4v) is 1.19. The van der Waals surface area contributed by atoms with Crippen LogP contribution >= 0.6 is 12.2 Å². The summed E-state index contributed by atoms with van der Waals surface area (Å²) in [5.41, 5.74) is 4.12. The van der Waals surface area contributed by atoms with E-state index in [0.29, 0.717) is 17.2 Å². The van der Waals surface area contributed by atoms with Crippen LogP contribution in [0.5, 0.6) is 0 Å². The molecular formula is C10H14N3O2S+. The van der Waals surface area contributed by atoms with Gasteiger partial charge in [-0.3, -0.25) is 5.84 Å². The Morgan fingerprint density at radius 1 is 1.44 bits per heavy atom. The maximum Gasteiger partial charge on any atom is 0.337 e. The van der Waals surface area contributed by atoms with Gasteiger partial charge in [-0.1, -0.05) is 12.1 Å². The molecule has 16 heavy (non-hydrogen) atoms. The van der Waals surface area contributed by atoms with Crippen LogP contribution in [0.3, 0.4) is 0 Å². The summed E-state index contributed by atoms with van der Waals surface area (Å²) in [6.45, 7) is 0.586. The van der Waals surface area contributed by atoms with Crippen molar-refractivity contribution in [3.8, 4) is 0 Å². The lowest BCUT2D eigenvalue weighted by Crippen LogP contribution is -2.69. The van der Waals surface area contributed by atoms with E-state index in [0.717, 1.165) is 5.56 Å². The Hall–Kier alpha value is -1.66. The van der Waals surface area contributed by atoms with Gasteiger partial charge in [0.25, 0.3) is 0 Å². The van der Waals surface area contributed by atoms with E-state index >= 15 is 0 Å². The number of hydrogen-bond acceptors (Lipinski definition) is 3. The van der Waals surface area contributed by atoms with Gasteiger partial charge in [0.1, 0.15) is 0 Å². The van der Waals surface area contributed by atoms with E-state index in [9.17, 15) is 4.79 Å². The fraction of sp³-hybridized carbons (Fsp3) is 0.200. The Labute approximate surface area is 98.9 Å². The zero-order chi connectivity index (χ0) is 12.0. The lowest BCUT2D eigenvalue weighted by Gasteiger charge is -2.05. The average molecular weight is 240 g/mol.